The molecule has 0 unspecified atom stereocenters. The highest BCUT2D eigenvalue weighted by atomic mass is 32.2. The number of hydrogen-bond acceptors (Lipinski definition) is 4. The van der Waals surface area contributed by atoms with Crippen LogP contribution in [0.15, 0.2) is 47.6 Å². The van der Waals surface area contributed by atoms with Gasteiger partial charge < -0.3 is 5.32 Å². The van der Waals surface area contributed by atoms with Gasteiger partial charge >= 0.3 is 0 Å². The Bertz CT molecular complexity index is 543. The van der Waals surface area contributed by atoms with Gasteiger partial charge in [-0.15, -0.1) is 11.8 Å². The van der Waals surface area contributed by atoms with Crippen molar-refractivity contribution in [2.75, 3.05) is 12.3 Å². The summed E-state index contributed by atoms with van der Waals surface area (Å²) in [7, 11) is 0. The van der Waals surface area contributed by atoms with Crippen LogP contribution < -0.4 is 5.32 Å². The van der Waals surface area contributed by atoms with Crippen molar-refractivity contribution < 1.29 is 4.79 Å². The molecule has 0 aliphatic rings. The SMILES string of the molecule is Cc1cnc(C(=O)NCCCSc2ccccc2)cn1. The molecule has 5 heteroatoms. The summed E-state index contributed by atoms with van der Waals surface area (Å²) in [5.41, 5.74) is 1.17. The van der Waals surface area contributed by atoms with Crippen molar-refractivity contribution in [2.45, 2.75) is 18.2 Å². The number of nitrogens with one attached hydrogen (secondary N) is 1. The molecule has 0 aliphatic heterocycles. The molecule has 0 saturated heterocycles. The maximum Gasteiger partial charge on any atom is 0.271 e. The molecule has 0 fully saturated rings. The van der Waals surface area contributed by atoms with Gasteiger partial charge in [0, 0.05) is 17.6 Å². The van der Waals surface area contributed by atoms with Crippen molar-refractivity contribution in [1.82, 2.24) is 15.3 Å². The first-order valence-electron chi connectivity index (χ1n) is 6.50. The van der Waals surface area contributed by atoms with E-state index in [1.54, 1.807) is 18.0 Å². The highest BCUT2D eigenvalue weighted by Gasteiger charge is 2.06. The van der Waals surface area contributed by atoms with E-state index in [2.05, 4.69) is 27.4 Å². The highest BCUT2D eigenvalue weighted by molar-refractivity contribution is 7.99. The van der Waals surface area contributed by atoms with Gasteiger partial charge in [0.05, 0.1) is 11.9 Å². The summed E-state index contributed by atoms with van der Waals surface area (Å²) < 4.78 is 0. The van der Waals surface area contributed by atoms with Gasteiger partial charge in [-0.2, -0.15) is 0 Å². The van der Waals surface area contributed by atoms with Gasteiger partial charge in [0.25, 0.3) is 5.91 Å². The third-order valence-corrected chi connectivity index (χ3v) is 3.73. The molecule has 0 bridgehead atoms. The van der Waals surface area contributed by atoms with Crippen LogP contribution in [0.25, 0.3) is 0 Å². The molecular weight excluding hydrogens is 270 g/mol. The molecule has 0 spiro atoms. The van der Waals surface area contributed by atoms with Gasteiger partial charge in [-0.3, -0.25) is 9.78 Å². The summed E-state index contributed by atoms with van der Waals surface area (Å²) in [5, 5.41) is 2.85. The van der Waals surface area contributed by atoms with Gasteiger partial charge in [-0.25, -0.2) is 4.98 Å². The molecule has 0 saturated carbocycles. The fourth-order valence-corrected chi connectivity index (χ4v) is 2.46. The van der Waals surface area contributed by atoms with Crippen molar-refractivity contribution in [2.24, 2.45) is 0 Å². The smallest absolute Gasteiger partial charge is 0.271 e. The van der Waals surface area contributed by atoms with Crippen molar-refractivity contribution in [3.8, 4) is 0 Å². The Morgan fingerprint density at radius 2 is 2.00 bits per heavy atom. The van der Waals surface area contributed by atoms with Crippen LogP contribution >= 0.6 is 11.8 Å². The first-order chi connectivity index (χ1) is 9.75. The van der Waals surface area contributed by atoms with E-state index in [0.717, 1.165) is 17.9 Å². The predicted molar refractivity (Wildman–Crippen MR) is 80.9 cm³/mol. The van der Waals surface area contributed by atoms with Crippen molar-refractivity contribution >= 4 is 17.7 Å². The fraction of sp³-hybridized carbons (Fsp3) is 0.267. The molecule has 0 aliphatic carbocycles. The normalized spacial score (nSPS) is 10.2. The molecule has 1 N–H and O–H groups in total. The van der Waals surface area contributed by atoms with Crippen molar-refractivity contribution in [3.63, 3.8) is 0 Å². The summed E-state index contributed by atoms with van der Waals surface area (Å²) in [5.74, 6) is 0.811. The Labute approximate surface area is 123 Å². The molecule has 1 aromatic heterocycles. The molecule has 2 aromatic rings. The highest BCUT2D eigenvalue weighted by Crippen LogP contribution is 2.17. The van der Waals surface area contributed by atoms with Gasteiger partial charge in [0.2, 0.25) is 0 Å². The molecule has 4 nitrogen and oxygen atoms in total. The molecule has 0 atom stereocenters. The van der Waals surface area contributed by atoms with Crippen LogP contribution in [-0.4, -0.2) is 28.2 Å². The average Bonchev–Trinajstić information content (AvgIpc) is 2.48. The lowest BCUT2D eigenvalue weighted by molar-refractivity contribution is 0.0948. The summed E-state index contributed by atoms with van der Waals surface area (Å²) >= 11 is 1.79. The van der Waals surface area contributed by atoms with Gasteiger partial charge in [-0.05, 0) is 31.2 Å². The van der Waals surface area contributed by atoms with E-state index >= 15 is 0 Å². The van der Waals surface area contributed by atoms with E-state index in [-0.39, 0.29) is 5.91 Å². The molecule has 1 amide bonds. The molecule has 20 heavy (non-hydrogen) atoms. The number of nitrogens with zero attached hydrogens (tertiary/aromatic N) is 2. The van der Waals surface area contributed by atoms with Crippen LogP contribution in [-0.2, 0) is 0 Å². The van der Waals surface area contributed by atoms with Crippen LogP contribution in [0.1, 0.15) is 22.6 Å². The summed E-state index contributed by atoms with van der Waals surface area (Å²) in [6.45, 7) is 2.49. The van der Waals surface area contributed by atoms with Crippen LogP contribution in [0.3, 0.4) is 0 Å². The minimum atomic E-state index is -0.165. The van der Waals surface area contributed by atoms with E-state index in [1.165, 1.54) is 11.1 Å². The Morgan fingerprint density at radius 1 is 1.20 bits per heavy atom. The zero-order valence-corrected chi connectivity index (χ0v) is 12.2. The predicted octanol–water partition coefficient (Wildman–Crippen LogP) is 2.70. The minimum absolute atomic E-state index is 0.165. The summed E-state index contributed by atoms with van der Waals surface area (Å²) in [6, 6.07) is 10.2. The van der Waals surface area contributed by atoms with Crippen LogP contribution in [0.2, 0.25) is 0 Å². The third kappa shape index (κ3) is 4.66. The fourth-order valence-electron chi connectivity index (χ4n) is 1.58. The van der Waals surface area contributed by atoms with E-state index in [0.29, 0.717) is 12.2 Å². The third-order valence-electron chi connectivity index (χ3n) is 2.63. The zero-order chi connectivity index (χ0) is 14.2. The van der Waals surface area contributed by atoms with E-state index < -0.39 is 0 Å². The topological polar surface area (TPSA) is 54.9 Å². The number of rotatable bonds is 6. The second-order valence-corrected chi connectivity index (χ2v) is 5.48. The number of benzene rings is 1. The van der Waals surface area contributed by atoms with Crippen LogP contribution in [0.5, 0.6) is 0 Å². The minimum Gasteiger partial charge on any atom is -0.351 e. The van der Waals surface area contributed by atoms with Crippen molar-refractivity contribution in [1.29, 1.82) is 0 Å². The number of carbonyl (C=O) groups is 1. The van der Waals surface area contributed by atoms with Crippen molar-refractivity contribution in [3.05, 3.63) is 54.1 Å². The average molecular weight is 287 g/mol. The second kappa shape index (κ2) is 7.65. The van der Waals surface area contributed by atoms with E-state index in [1.807, 2.05) is 25.1 Å². The molecular formula is C15H17N3OS. The lowest BCUT2D eigenvalue weighted by Crippen LogP contribution is -2.25. The van der Waals surface area contributed by atoms with Crippen LogP contribution in [0, 0.1) is 6.92 Å². The Hall–Kier alpha value is -1.88. The first kappa shape index (κ1) is 14.5. The Kier molecular flexibility index (Phi) is 5.55. The number of hydrogen-bond donors (Lipinski definition) is 1. The second-order valence-electron chi connectivity index (χ2n) is 4.31. The molecule has 104 valence electrons. The molecule has 0 radical (unpaired) electrons. The lowest BCUT2D eigenvalue weighted by Gasteiger charge is -2.04. The van der Waals surface area contributed by atoms with E-state index in [9.17, 15) is 4.79 Å². The molecule has 1 heterocycles. The monoisotopic (exact) mass is 287 g/mol. The summed E-state index contributed by atoms with van der Waals surface area (Å²) in [6.07, 6.45) is 4.02. The first-order valence-corrected chi connectivity index (χ1v) is 7.49. The standard InChI is InChI=1S/C15H17N3OS/c1-12-10-18-14(11-17-12)15(19)16-8-5-9-20-13-6-3-2-4-7-13/h2-4,6-7,10-11H,5,8-9H2,1H3,(H,16,19). The number of thioether (sulfide) groups is 1. The number of aryl methyl sites for hydroxylation is 1. The number of amides is 1. The zero-order valence-electron chi connectivity index (χ0n) is 11.4. The largest absolute Gasteiger partial charge is 0.351 e. The van der Waals surface area contributed by atoms with E-state index in [4.69, 9.17) is 0 Å². The van der Waals surface area contributed by atoms with Gasteiger partial charge in [-0.1, -0.05) is 18.2 Å². The maximum atomic E-state index is 11.8. The van der Waals surface area contributed by atoms with Gasteiger partial charge in [0.15, 0.2) is 0 Å². The number of aromatic nitrogens is 2. The molecule has 2 rings (SSSR count). The maximum absolute atomic E-state index is 11.8. The Balaban J connectivity index is 1.66. The van der Waals surface area contributed by atoms with Crippen LogP contribution in [0.4, 0.5) is 0 Å². The molecule has 1 aromatic carbocycles. The van der Waals surface area contributed by atoms with Gasteiger partial charge in [0.1, 0.15) is 5.69 Å². The Morgan fingerprint density at radius 3 is 2.70 bits per heavy atom. The summed E-state index contributed by atoms with van der Waals surface area (Å²) in [4.78, 5) is 21.1. The quantitative estimate of drug-likeness (QED) is 0.655. The number of carbonyl (C=O) groups excluding carboxylic acids is 1. The lowest BCUT2D eigenvalue weighted by atomic mass is 10.4.